The molecule has 256 valence electrons. The number of halogens is 3. The molecule has 0 atom stereocenters. The molecule has 1 heterocycles. The lowest BCUT2D eigenvalue weighted by Crippen LogP contribution is -2.38. The van der Waals surface area contributed by atoms with Crippen LogP contribution in [0.5, 0.6) is 17.2 Å². The zero-order chi connectivity index (χ0) is 35.3. The molecule has 0 fully saturated rings. The normalized spacial score (nSPS) is 11.9. The van der Waals surface area contributed by atoms with Crippen LogP contribution in [-0.4, -0.2) is 71.4 Å². The first-order valence-electron chi connectivity index (χ1n) is 14.6. The van der Waals surface area contributed by atoms with Crippen molar-refractivity contribution in [3.63, 3.8) is 0 Å². The van der Waals surface area contributed by atoms with Crippen LogP contribution in [0.1, 0.15) is 22.3 Å². The third kappa shape index (κ3) is 7.86. The lowest BCUT2D eigenvalue weighted by atomic mass is 9.76. The van der Waals surface area contributed by atoms with Crippen molar-refractivity contribution in [3.05, 3.63) is 107 Å². The van der Waals surface area contributed by atoms with Crippen LogP contribution in [-0.2, 0) is 35.8 Å². The number of hydrogen-bond donors (Lipinski definition) is 2. The highest BCUT2D eigenvalue weighted by atomic mass is 32.2. The van der Waals surface area contributed by atoms with Gasteiger partial charge in [-0.1, -0.05) is 42.5 Å². The van der Waals surface area contributed by atoms with E-state index in [2.05, 4.69) is 15.5 Å². The minimum atomic E-state index is -5.20. The number of rotatable bonds is 13. The second-order valence-electron chi connectivity index (χ2n) is 10.8. The number of tetrazole rings is 1. The molecule has 0 saturated heterocycles. The van der Waals surface area contributed by atoms with E-state index in [1.807, 2.05) is 0 Å². The molecule has 0 aliphatic carbocycles. The third-order valence-electron chi connectivity index (χ3n) is 7.65. The first-order chi connectivity index (χ1) is 23.3. The lowest BCUT2D eigenvalue weighted by Gasteiger charge is -2.27. The zero-order valence-corrected chi connectivity index (χ0v) is 27.3. The van der Waals surface area contributed by atoms with Gasteiger partial charge in [0.25, 0.3) is 0 Å². The van der Waals surface area contributed by atoms with Crippen molar-refractivity contribution in [2.75, 3.05) is 21.3 Å². The van der Waals surface area contributed by atoms with Gasteiger partial charge in [-0.3, -0.25) is 0 Å². The Morgan fingerprint density at radius 3 is 1.65 bits per heavy atom. The average Bonchev–Trinajstić information content (AvgIpc) is 3.55. The molecule has 17 heteroatoms. The van der Waals surface area contributed by atoms with E-state index in [1.165, 1.54) is 21.3 Å². The molecular weight excluding hydrogens is 666 g/mol. The monoisotopic (exact) mass is 697 g/mol. The topological polar surface area (TPSA) is 149 Å². The van der Waals surface area contributed by atoms with Crippen LogP contribution in [0.4, 0.5) is 13.2 Å². The molecule has 0 amide bonds. The van der Waals surface area contributed by atoms with Gasteiger partial charge in [0.1, 0.15) is 22.1 Å². The summed E-state index contributed by atoms with van der Waals surface area (Å²) in [4.78, 5) is -1.24. The Bertz CT molecular complexity index is 1940. The number of hydrogen-bond acceptors (Lipinski definition) is 10. The fourth-order valence-electron chi connectivity index (χ4n) is 5.15. The molecule has 0 aliphatic heterocycles. The first kappa shape index (κ1) is 35.3. The van der Waals surface area contributed by atoms with E-state index in [4.69, 9.17) is 14.2 Å². The third-order valence-corrected chi connectivity index (χ3v) is 9.53. The number of aromatic nitrogens is 4. The summed E-state index contributed by atoms with van der Waals surface area (Å²) < 4.78 is 91.6. The van der Waals surface area contributed by atoms with Gasteiger partial charge in [-0.15, -0.1) is 5.10 Å². The molecule has 49 heavy (non-hydrogen) atoms. The molecule has 0 spiro atoms. The molecule has 12 nitrogen and oxygen atoms in total. The predicted molar refractivity (Wildman–Crippen MR) is 173 cm³/mol. The Morgan fingerprint density at radius 2 is 1.22 bits per heavy atom. The zero-order valence-electron chi connectivity index (χ0n) is 26.5. The van der Waals surface area contributed by atoms with E-state index in [0.29, 0.717) is 40.0 Å². The predicted octanol–water partition coefficient (Wildman–Crippen LogP) is 3.50. The van der Waals surface area contributed by atoms with E-state index in [1.54, 1.807) is 72.8 Å². The van der Waals surface area contributed by atoms with Crippen LogP contribution in [0.25, 0.3) is 11.4 Å². The smallest absolute Gasteiger partial charge is 0.489 e. The van der Waals surface area contributed by atoms with Crippen molar-refractivity contribution >= 4 is 22.6 Å². The first-order valence-corrected chi connectivity index (χ1v) is 16.1. The van der Waals surface area contributed by atoms with Gasteiger partial charge in [-0.25, -0.2) is 13.1 Å². The maximum Gasteiger partial charge on any atom is 0.489 e. The molecule has 0 saturated carbocycles. The average molecular weight is 698 g/mol. The Balaban J connectivity index is 1.73. The largest absolute Gasteiger partial charge is 0.497 e. The summed E-state index contributed by atoms with van der Waals surface area (Å²) in [6, 6.07) is 20.7. The van der Waals surface area contributed by atoms with Gasteiger partial charge in [-0.05, 0) is 75.0 Å². The Labute approximate surface area is 280 Å². The molecule has 1 aromatic heterocycles. The van der Waals surface area contributed by atoms with Crippen molar-refractivity contribution in [2.24, 2.45) is 0 Å². The van der Waals surface area contributed by atoms with Gasteiger partial charge in [0.05, 0.1) is 33.4 Å². The van der Waals surface area contributed by atoms with Crippen LogP contribution < -0.4 is 19.7 Å². The van der Waals surface area contributed by atoms with Crippen molar-refractivity contribution < 1.29 is 45.8 Å². The van der Waals surface area contributed by atoms with Crippen LogP contribution in [0.2, 0.25) is 0 Å². The van der Waals surface area contributed by atoms with Gasteiger partial charge in [-0.2, -0.15) is 17.5 Å². The number of alkyl halides is 3. The molecular formula is C32H31BF3N5O7S. The van der Waals surface area contributed by atoms with E-state index in [9.17, 15) is 31.6 Å². The van der Waals surface area contributed by atoms with Gasteiger partial charge < -0.3 is 24.3 Å². The minimum Gasteiger partial charge on any atom is -0.497 e. The SMILES string of the molecule is COc1ccc(CN(Cc2ccc(OC)cc2)S(=O)(=O)c2c(C(F)(F)F)ccc(B(O)O)c2-c2nnnn2Cc2ccc(OC)cc2)cc1. The highest BCUT2D eigenvalue weighted by molar-refractivity contribution is 7.89. The summed E-state index contributed by atoms with van der Waals surface area (Å²) in [6.45, 7) is -0.833. The molecule has 5 rings (SSSR count). The number of benzene rings is 4. The minimum absolute atomic E-state index is 0.107. The van der Waals surface area contributed by atoms with E-state index in [-0.39, 0.29) is 19.6 Å². The van der Waals surface area contributed by atoms with Crippen LogP contribution in [0.3, 0.4) is 0 Å². The molecule has 0 unspecified atom stereocenters. The summed E-state index contributed by atoms with van der Waals surface area (Å²) in [5, 5.41) is 32.2. The summed E-state index contributed by atoms with van der Waals surface area (Å²) >= 11 is 0. The summed E-state index contributed by atoms with van der Waals surface area (Å²) in [5.74, 6) is 1.09. The maximum absolute atomic E-state index is 14.8. The Hall–Kier alpha value is -4.97. The Morgan fingerprint density at radius 1 is 0.755 bits per heavy atom. The van der Waals surface area contributed by atoms with Crippen molar-refractivity contribution in [3.8, 4) is 28.6 Å². The van der Waals surface area contributed by atoms with Crippen LogP contribution in [0, 0.1) is 0 Å². The molecule has 4 aromatic carbocycles. The molecule has 0 bridgehead atoms. The van der Waals surface area contributed by atoms with Crippen molar-refractivity contribution in [1.29, 1.82) is 0 Å². The van der Waals surface area contributed by atoms with E-state index < -0.39 is 50.6 Å². The lowest BCUT2D eigenvalue weighted by molar-refractivity contribution is -0.139. The van der Waals surface area contributed by atoms with Gasteiger partial charge in [0, 0.05) is 18.7 Å². The second kappa shape index (κ2) is 14.7. The van der Waals surface area contributed by atoms with Crippen LogP contribution in [0.15, 0.2) is 89.8 Å². The van der Waals surface area contributed by atoms with E-state index in [0.717, 1.165) is 15.1 Å². The Kier molecular flexibility index (Phi) is 10.6. The number of methoxy groups -OCH3 is 3. The quantitative estimate of drug-likeness (QED) is 0.175. The van der Waals surface area contributed by atoms with Crippen LogP contribution >= 0.6 is 0 Å². The molecule has 0 radical (unpaired) electrons. The van der Waals surface area contributed by atoms with Crippen molar-refractivity contribution in [1.82, 2.24) is 24.5 Å². The maximum atomic E-state index is 14.8. The van der Waals surface area contributed by atoms with Gasteiger partial charge in [0.2, 0.25) is 10.0 Å². The molecule has 5 aromatic rings. The van der Waals surface area contributed by atoms with Gasteiger partial charge >= 0.3 is 13.3 Å². The highest BCUT2D eigenvalue weighted by Gasteiger charge is 2.44. The fraction of sp³-hybridized carbons (Fsp3) is 0.219. The standard InChI is InChI=1S/C32H31BF3N5O7S/c1-46-24-10-4-21(5-11-24)18-40(19-22-6-12-25(47-2)13-7-22)49(44,45)30-27(32(34,35)36)16-17-28(33(42)43)29(30)31-37-38-39-41(31)20-23-8-14-26(48-3)15-9-23/h4-17,42-43H,18-20H2,1-3H3. The highest BCUT2D eigenvalue weighted by Crippen LogP contribution is 2.40. The summed E-state index contributed by atoms with van der Waals surface area (Å²) in [5.41, 5.74) is -1.33. The molecule has 2 N–H and O–H groups in total. The van der Waals surface area contributed by atoms with E-state index >= 15 is 0 Å². The fourth-order valence-corrected chi connectivity index (χ4v) is 6.98. The summed E-state index contributed by atoms with van der Waals surface area (Å²) in [7, 11) is -3.14. The number of sulfonamides is 1. The number of ether oxygens (including phenoxy) is 3. The number of nitrogens with zero attached hydrogens (tertiary/aromatic N) is 5. The van der Waals surface area contributed by atoms with Crippen molar-refractivity contribution in [2.45, 2.75) is 30.7 Å². The van der Waals surface area contributed by atoms with Gasteiger partial charge in [0.15, 0.2) is 5.82 Å². The summed E-state index contributed by atoms with van der Waals surface area (Å²) in [6.07, 6.45) is -5.20. The second-order valence-corrected chi connectivity index (χ2v) is 12.6. The molecule has 0 aliphatic rings.